The number of allylic oxidation sites excluding steroid dienone is 2. The van der Waals surface area contributed by atoms with Crippen LogP contribution in [0.25, 0.3) is 0 Å². The summed E-state index contributed by atoms with van der Waals surface area (Å²) in [5, 5.41) is 33.1. The van der Waals surface area contributed by atoms with Crippen LogP contribution in [-0.2, 0) is 4.79 Å². The highest BCUT2D eigenvalue weighted by molar-refractivity contribution is 5.77. The Morgan fingerprint density at radius 3 is 2.18 bits per heavy atom. The molecule has 0 bridgehead atoms. The Morgan fingerprint density at radius 1 is 0.853 bits per heavy atom. The van der Waals surface area contributed by atoms with E-state index >= 15 is 0 Å². The predicted octanol–water partition coefficient (Wildman–Crippen LogP) is 6.20. The van der Waals surface area contributed by atoms with E-state index in [2.05, 4.69) is 54.5 Å². The zero-order valence-corrected chi connectivity index (χ0v) is 22.6. The van der Waals surface area contributed by atoms with E-state index in [1.54, 1.807) is 0 Å². The maximum absolute atomic E-state index is 12.8. The molecule has 4 heteroatoms. The average Bonchev–Trinajstić information content (AvgIpc) is 2.71. The lowest BCUT2D eigenvalue weighted by Crippen LogP contribution is -2.67. The van der Waals surface area contributed by atoms with Gasteiger partial charge in [0.15, 0.2) is 0 Å². The van der Waals surface area contributed by atoms with Gasteiger partial charge in [-0.2, -0.15) is 0 Å². The summed E-state index contributed by atoms with van der Waals surface area (Å²) < 4.78 is 0. The van der Waals surface area contributed by atoms with E-state index < -0.39 is 17.5 Å². The molecule has 4 nitrogen and oxygen atoms in total. The van der Waals surface area contributed by atoms with Crippen LogP contribution in [0.5, 0.6) is 0 Å². The fraction of sp³-hybridized carbons (Fsp3) is 0.900. The minimum absolute atomic E-state index is 0.0218. The van der Waals surface area contributed by atoms with Crippen molar-refractivity contribution in [2.24, 2.45) is 50.2 Å². The summed E-state index contributed by atoms with van der Waals surface area (Å²) in [6.45, 7) is 16.4. The highest BCUT2D eigenvalue weighted by Gasteiger charge is 2.71. The van der Waals surface area contributed by atoms with E-state index in [1.807, 2.05) is 0 Å². The molecule has 4 saturated carbocycles. The molecule has 4 fully saturated rings. The van der Waals surface area contributed by atoms with Crippen LogP contribution in [0.15, 0.2) is 11.6 Å². The van der Waals surface area contributed by atoms with Crippen molar-refractivity contribution in [3.8, 4) is 0 Å². The van der Waals surface area contributed by atoms with E-state index in [-0.39, 0.29) is 39.1 Å². The normalized spacial score (nSPS) is 53.4. The summed E-state index contributed by atoms with van der Waals surface area (Å²) in [5.41, 5.74) is 0.295. The topological polar surface area (TPSA) is 77.8 Å². The van der Waals surface area contributed by atoms with Gasteiger partial charge in [-0.1, -0.05) is 60.1 Å². The maximum atomic E-state index is 12.8. The van der Waals surface area contributed by atoms with Gasteiger partial charge in [-0.3, -0.25) is 4.79 Å². The van der Waals surface area contributed by atoms with Gasteiger partial charge < -0.3 is 15.3 Å². The second kappa shape index (κ2) is 7.12. The molecule has 0 spiro atoms. The van der Waals surface area contributed by atoms with Crippen LogP contribution < -0.4 is 0 Å². The van der Waals surface area contributed by atoms with Crippen molar-refractivity contribution in [3.63, 3.8) is 0 Å². The van der Waals surface area contributed by atoms with Crippen LogP contribution in [0.2, 0.25) is 0 Å². The van der Waals surface area contributed by atoms with Gasteiger partial charge in [0, 0.05) is 0 Å². The Hall–Kier alpha value is -0.870. The van der Waals surface area contributed by atoms with Crippen molar-refractivity contribution in [2.45, 2.75) is 118 Å². The third-order valence-electron chi connectivity index (χ3n) is 13.1. The fourth-order valence-electron chi connectivity index (χ4n) is 10.7. The van der Waals surface area contributed by atoms with Gasteiger partial charge in [-0.15, -0.1) is 0 Å². The van der Waals surface area contributed by atoms with Gasteiger partial charge in [0.25, 0.3) is 0 Å². The number of hydrogen-bond acceptors (Lipinski definition) is 3. The molecule has 0 heterocycles. The molecule has 0 radical (unpaired) electrons. The minimum Gasteiger partial charge on any atom is -0.481 e. The van der Waals surface area contributed by atoms with Crippen molar-refractivity contribution in [1.82, 2.24) is 0 Å². The SMILES string of the molecule is CC1(C)CCC2(C(=O)O)C(C1)C1=CCC3C4(C)CCC(O)C(C)(C)C4CCC3(C)[C@]1(C)C[C@H]2O. The van der Waals surface area contributed by atoms with Gasteiger partial charge in [-0.05, 0) is 103 Å². The van der Waals surface area contributed by atoms with E-state index in [4.69, 9.17) is 0 Å². The van der Waals surface area contributed by atoms with E-state index in [0.717, 1.165) is 44.9 Å². The molecule has 3 N–H and O–H groups in total. The van der Waals surface area contributed by atoms with Gasteiger partial charge in [-0.25, -0.2) is 0 Å². The number of aliphatic hydroxyl groups excluding tert-OH is 2. The Morgan fingerprint density at radius 2 is 1.53 bits per heavy atom. The first-order chi connectivity index (χ1) is 15.6. The van der Waals surface area contributed by atoms with Crippen LogP contribution in [0, 0.1) is 50.2 Å². The zero-order chi connectivity index (χ0) is 25.1. The molecule has 9 atom stereocenters. The molecule has 0 amide bonds. The minimum atomic E-state index is -1.04. The Labute approximate surface area is 206 Å². The smallest absolute Gasteiger partial charge is 0.312 e. The highest BCUT2D eigenvalue weighted by atomic mass is 16.4. The summed E-state index contributed by atoms with van der Waals surface area (Å²) in [4.78, 5) is 12.8. The molecule has 0 aromatic carbocycles. The van der Waals surface area contributed by atoms with Crippen LogP contribution in [0.1, 0.15) is 106 Å². The number of aliphatic hydroxyl groups is 2. The molecular formula is C30H48O4. The van der Waals surface area contributed by atoms with Crippen molar-refractivity contribution in [1.29, 1.82) is 0 Å². The number of hydrogen-bond donors (Lipinski definition) is 3. The van der Waals surface area contributed by atoms with E-state index in [1.165, 1.54) is 5.57 Å². The largest absolute Gasteiger partial charge is 0.481 e. The number of carboxylic acid groups (broad SMARTS) is 1. The lowest BCUT2D eigenvalue weighted by Gasteiger charge is -2.71. The first-order valence-corrected chi connectivity index (χ1v) is 13.9. The summed E-state index contributed by atoms with van der Waals surface area (Å²) in [6.07, 6.45) is 9.35. The first-order valence-electron chi connectivity index (χ1n) is 13.9. The van der Waals surface area contributed by atoms with Gasteiger partial charge in [0.1, 0.15) is 5.41 Å². The first kappa shape index (κ1) is 24.8. The second-order valence-corrected chi connectivity index (χ2v) is 15.2. The molecule has 5 rings (SSSR count). The molecule has 0 aromatic rings. The van der Waals surface area contributed by atoms with Crippen molar-refractivity contribution < 1.29 is 20.1 Å². The number of carboxylic acids is 1. The third kappa shape index (κ3) is 2.82. The maximum Gasteiger partial charge on any atom is 0.312 e. The summed E-state index contributed by atoms with van der Waals surface area (Å²) >= 11 is 0. The van der Waals surface area contributed by atoms with Crippen molar-refractivity contribution >= 4 is 5.97 Å². The highest BCUT2D eigenvalue weighted by Crippen LogP contribution is 2.75. The molecule has 7 unspecified atom stereocenters. The molecule has 34 heavy (non-hydrogen) atoms. The predicted molar refractivity (Wildman–Crippen MR) is 134 cm³/mol. The second-order valence-electron chi connectivity index (χ2n) is 15.2. The molecular weight excluding hydrogens is 424 g/mol. The number of carbonyl (C=O) groups is 1. The Kier molecular flexibility index (Phi) is 5.20. The number of fused-ring (bicyclic) bond motifs is 7. The van der Waals surface area contributed by atoms with Crippen LogP contribution in [0.3, 0.4) is 0 Å². The molecule has 0 aliphatic heterocycles. The monoisotopic (exact) mass is 472 g/mol. The number of rotatable bonds is 1. The standard InChI is InChI=1S/C30H48O4/c1-25(2)14-15-30(24(33)34)19(16-25)18-8-9-21-27(5)12-11-22(31)26(3,4)20(27)10-13-28(21,6)29(18,7)17-23(30)32/h8,19-23,31-32H,9-17H2,1-7H3,(H,33,34)/t19?,20?,21?,22?,23-,27?,28?,29-,30?/m1/s1. The lowest BCUT2D eigenvalue weighted by atomic mass is 9.33. The van der Waals surface area contributed by atoms with Crippen LogP contribution >= 0.6 is 0 Å². The average molecular weight is 473 g/mol. The molecule has 5 aliphatic carbocycles. The van der Waals surface area contributed by atoms with Gasteiger partial charge >= 0.3 is 5.97 Å². The Balaban J connectivity index is 1.63. The van der Waals surface area contributed by atoms with E-state index in [9.17, 15) is 20.1 Å². The quantitative estimate of drug-likeness (QED) is 0.397. The summed E-state index contributed by atoms with van der Waals surface area (Å²) in [6, 6.07) is 0. The van der Waals surface area contributed by atoms with Gasteiger partial charge in [0.2, 0.25) is 0 Å². The summed E-state index contributed by atoms with van der Waals surface area (Å²) in [7, 11) is 0. The molecule has 0 aromatic heterocycles. The van der Waals surface area contributed by atoms with Crippen LogP contribution in [-0.4, -0.2) is 33.5 Å². The van der Waals surface area contributed by atoms with Crippen molar-refractivity contribution in [3.05, 3.63) is 11.6 Å². The third-order valence-corrected chi connectivity index (χ3v) is 13.1. The lowest BCUT2D eigenvalue weighted by molar-refractivity contribution is -0.218. The van der Waals surface area contributed by atoms with Gasteiger partial charge in [0.05, 0.1) is 12.2 Å². The number of aliphatic carboxylic acids is 1. The van der Waals surface area contributed by atoms with Crippen LogP contribution in [0.4, 0.5) is 0 Å². The zero-order valence-electron chi connectivity index (χ0n) is 22.6. The van der Waals surface area contributed by atoms with Crippen molar-refractivity contribution in [2.75, 3.05) is 0 Å². The Bertz CT molecular complexity index is 919. The molecule has 0 saturated heterocycles. The molecule has 5 aliphatic rings. The molecule has 192 valence electrons. The fourth-order valence-corrected chi connectivity index (χ4v) is 10.7. The van der Waals surface area contributed by atoms with E-state index in [0.29, 0.717) is 24.7 Å². The summed E-state index contributed by atoms with van der Waals surface area (Å²) in [5.74, 6) is 0.0888.